The third kappa shape index (κ3) is 4.60. The van der Waals surface area contributed by atoms with Crippen molar-refractivity contribution in [2.75, 3.05) is 27.2 Å². The van der Waals surface area contributed by atoms with Gasteiger partial charge in [-0.3, -0.25) is 4.98 Å². The Morgan fingerprint density at radius 2 is 1.93 bits per heavy atom. The molecule has 0 spiro atoms. The van der Waals surface area contributed by atoms with E-state index in [1.165, 1.54) is 0 Å². The summed E-state index contributed by atoms with van der Waals surface area (Å²) < 4.78 is 0. The predicted molar refractivity (Wildman–Crippen MR) is 110 cm³/mol. The maximum absolute atomic E-state index is 12.8. The van der Waals surface area contributed by atoms with Crippen LogP contribution in [0.1, 0.15) is 31.4 Å². The maximum Gasteiger partial charge on any atom is 0.317 e. The molecular weight excluding hydrogens is 360 g/mol. The summed E-state index contributed by atoms with van der Waals surface area (Å²) >= 11 is 6.49. The summed E-state index contributed by atoms with van der Waals surface area (Å²) in [6.45, 7) is 4.05. The van der Waals surface area contributed by atoms with Gasteiger partial charge in [0.2, 0.25) is 0 Å². The van der Waals surface area contributed by atoms with Crippen LogP contribution in [0.15, 0.2) is 42.7 Å². The lowest BCUT2D eigenvalue weighted by molar-refractivity contribution is 0.146. The Morgan fingerprint density at radius 3 is 2.59 bits per heavy atom. The molecule has 1 saturated heterocycles. The molecule has 0 radical (unpaired) electrons. The number of rotatable bonds is 4. The Bertz CT molecular complexity index is 775. The Labute approximate surface area is 166 Å². The molecule has 144 valence electrons. The van der Waals surface area contributed by atoms with Crippen LogP contribution in [0.2, 0.25) is 5.02 Å². The topological polar surface area (TPSA) is 48.5 Å². The van der Waals surface area contributed by atoms with Gasteiger partial charge in [-0.2, -0.15) is 0 Å². The molecule has 5 nitrogen and oxygen atoms in total. The quantitative estimate of drug-likeness (QED) is 0.856. The molecule has 6 heteroatoms. The molecule has 0 bridgehead atoms. The van der Waals surface area contributed by atoms with E-state index < -0.39 is 0 Å². The molecule has 2 aromatic rings. The van der Waals surface area contributed by atoms with Crippen molar-refractivity contribution in [3.05, 3.63) is 53.3 Å². The number of amides is 2. The standard InChI is InChI=1S/C21H27ClN4O/c1-15(24-21(27)26(3)17-9-13-25(2)14-10-17)18-5-4-6-19(22)20(18)16-7-11-23-12-8-16/h4-8,11-12,15,17H,9-10,13-14H2,1-3H3,(H,24,27). The van der Waals surface area contributed by atoms with E-state index in [0.29, 0.717) is 5.02 Å². The summed E-state index contributed by atoms with van der Waals surface area (Å²) in [5, 5.41) is 3.81. The minimum absolute atomic E-state index is 0.0438. The third-order valence-electron chi connectivity index (χ3n) is 5.38. The first-order valence-corrected chi connectivity index (χ1v) is 9.76. The third-order valence-corrected chi connectivity index (χ3v) is 5.69. The normalized spacial score (nSPS) is 16.7. The number of likely N-dealkylation sites (tertiary alicyclic amines) is 1. The molecule has 1 atom stereocenters. The van der Waals surface area contributed by atoms with Crippen LogP contribution in [0, 0.1) is 0 Å². The van der Waals surface area contributed by atoms with Crippen molar-refractivity contribution in [2.45, 2.75) is 31.8 Å². The number of pyridine rings is 1. The molecule has 27 heavy (non-hydrogen) atoms. The number of benzene rings is 1. The number of hydrogen-bond donors (Lipinski definition) is 1. The number of piperidine rings is 1. The molecule has 1 aromatic heterocycles. The maximum atomic E-state index is 12.8. The Balaban J connectivity index is 1.75. The van der Waals surface area contributed by atoms with Gasteiger partial charge in [-0.25, -0.2) is 4.79 Å². The predicted octanol–water partition coefficient (Wildman–Crippen LogP) is 4.20. The minimum Gasteiger partial charge on any atom is -0.331 e. The van der Waals surface area contributed by atoms with Crippen LogP contribution in [0.4, 0.5) is 4.79 Å². The second-order valence-electron chi connectivity index (χ2n) is 7.26. The summed E-state index contributed by atoms with van der Waals surface area (Å²) in [4.78, 5) is 21.0. The highest BCUT2D eigenvalue weighted by Gasteiger charge is 2.25. The zero-order chi connectivity index (χ0) is 19.4. The minimum atomic E-state index is -0.159. The van der Waals surface area contributed by atoms with E-state index >= 15 is 0 Å². The van der Waals surface area contributed by atoms with Crippen molar-refractivity contribution < 1.29 is 4.79 Å². The van der Waals surface area contributed by atoms with Gasteiger partial charge in [-0.05, 0) is 69.2 Å². The van der Waals surface area contributed by atoms with Crippen LogP contribution in [-0.2, 0) is 0 Å². The van der Waals surface area contributed by atoms with Gasteiger partial charge >= 0.3 is 6.03 Å². The monoisotopic (exact) mass is 386 g/mol. The number of aromatic nitrogens is 1. The molecule has 1 unspecified atom stereocenters. The first kappa shape index (κ1) is 19.6. The van der Waals surface area contributed by atoms with Gasteiger partial charge in [0.1, 0.15) is 0 Å². The van der Waals surface area contributed by atoms with Crippen LogP contribution in [0.3, 0.4) is 0 Å². The first-order chi connectivity index (χ1) is 13.0. The van der Waals surface area contributed by atoms with E-state index in [-0.39, 0.29) is 18.1 Å². The second kappa shape index (κ2) is 8.72. The highest BCUT2D eigenvalue weighted by molar-refractivity contribution is 6.33. The smallest absolute Gasteiger partial charge is 0.317 e. The molecule has 0 saturated carbocycles. The van der Waals surface area contributed by atoms with Gasteiger partial charge in [0, 0.05) is 36.1 Å². The van der Waals surface area contributed by atoms with Crippen LogP contribution in [-0.4, -0.2) is 54.0 Å². The average molecular weight is 387 g/mol. The number of carbonyl (C=O) groups excluding carboxylic acids is 1. The summed E-state index contributed by atoms with van der Waals surface area (Å²) in [6, 6.07) is 9.76. The van der Waals surface area contributed by atoms with Crippen LogP contribution >= 0.6 is 11.6 Å². The molecule has 3 rings (SSSR count). The molecule has 1 aromatic carbocycles. The summed E-state index contributed by atoms with van der Waals surface area (Å²) in [7, 11) is 4.01. The zero-order valence-electron chi connectivity index (χ0n) is 16.2. The van der Waals surface area contributed by atoms with E-state index in [1.54, 1.807) is 12.4 Å². The van der Waals surface area contributed by atoms with Crippen molar-refractivity contribution in [2.24, 2.45) is 0 Å². The van der Waals surface area contributed by atoms with E-state index in [2.05, 4.69) is 22.2 Å². The van der Waals surface area contributed by atoms with Gasteiger partial charge in [-0.1, -0.05) is 23.7 Å². The second-order valence-corrected chi connectivity index (χ2v) is 7.66. The number of halogens is 1. The SMILES string of the molecule is CC(NC(=O)N(C)C1CCN(C)CC1)c1cccc(Cl)c1-c1ccncc1. The molecule has 0 aliphatic carbocycles. The van der Waals surface area contributed by atoms with Crippen molar-refractivity contribution in [1.82, 2.24) is 20.1 Å². The van der Waals surface area contributed by atoms with Gasteiger partial charge in [0.25, 0.3) is 0 Å². The summed E-state index contributed by atoms with van der Waals surface area (Å²) in [5.41, 5.74) is 2.94. The lowest BCUT2D eigenvalue weighted by atomic mass is 9.96. The highest BCUT2D eigenvalue weighted by atomic mass is 35.5. The van der Waals surface area contributed by atoms with Gasteiger partial charge in [-0.15, -0.1) is 0 Å². The van der Waals surface area contributed by atoms with Crippen LogP contribution in [0.5, 0.6) is 0 Å². The lowest BCUT2D eigenvalue weighted by Crippen LogP contribution is -2.48. The van der Waals surface area contributed by atoms with E-state index in [4.69, 9.17) is 11.6 Å². The summed E-state index contributed by atoms with van der Waals surface area (Å²) in [5.74, 6) is 0. The highest BCUT2D eigenvalue weighted by Crippen LogP contribution is 2.34. The Hall–Kier alpha value is -2.11. The van der Waals surface area contributed by atoms with Crippen molar-refractivity contribution >= 4 is 17.6 Å². The summed E-state index contributed by atoms with van der Waals surface area (Å²) in [6.07, 6.45) is 5.52. The molecule has 2 amide bonds. The lowest BCUT2D eigenvalue weighted by Gasteiger charge is -2.35. The van der Waals surface area contributed by atoms with E-state index in [0.717, 1.165) is 42.6 Å². The largest absolute Gasteiger partial charge is 0.331 e. The van der Waals surface area contributed by atoms with Gasteiger partial charge < -0.3 is 15.1 Å². The van der Waals surface area contributed by atoms with Gasteiger partial charge in [0.15, 0.2) is 0 Å². The first-order valence-electron chi connectivity index (χ1n) is 9.38. The number of carbonyl (C=O) groups is 1. The van der Waals surface area contributed by atoms with Gasteiger partial charge in [0.05, 0.1) is 6.04 Å². The number of nitrogens with zero attached hydrogens (tertiary/aromatic N) is 3. The van der Waals surface area contributed by atoms with E-state index in [1.807, 2.05) is 49.2 Å². The molecule has 1 fully saturated rings. The fourth-order valence-electron chi connectivity index (χ4n) is 3.64. The molecule has 1 aliphatic rings. The fraction of sp³-hybridized carbons (Fsp3) is 0.429. The number of hydrogen-bond acceptors (Lipinski definition) is 3. The van der Waals surface area contributed by atoms with Crippen molar-refractivity contribution in [1.29, 1.82) is 0 Å². The number of nitrogens with one attached hydrogen (secondary N) is 1. The van der Waals surface area contributed by atoms with Crippen LogP contribution in [0.25, 0.3) is 11.1 Å². The molecule has 1 aliphatic heterocycles. The molecular formula is C21H27ClN4O. The fourth-order valence-corrected chi connectivity index (χ4v) is 3.93. The average Bonchev–Trinajstić information content (AvgIpc) is 2.68. The Kier molecular flexibility index (Phi) is 6.34. The molecule has 2 heterocycles. The molecule has 1 N–H and O–H groups in total. The van der Waals surface area contributed by atoms with E-state index in [9.17, 15) is 4.79 Å². The van der Waals surface area contributed by atoms with Crippen LogP contribution < -0.4 is 5.32 Å². The zero-order valence-corrected chi connectivity index (χ0v) is 16.9. The number of urea groups is 1. The Morgan fingerprint density at radius 1 is 1.26 bits per heavy atom. The van der Waals surface area contributed by atoms with Crippen molar-refractivity contribution in [3.8, 4) is 11.1 Å². The van der Waals surface area contributed by atoms with Crippen molar-refractivity contribution in [3.63, 3.8) is 0 Å².